The van der Waals surface area contributed by atoms with Crippen molar-refractivity contribution >= 4 is 14.1 Å². The molecule has 2 heterocycles. The van der Waals surface area contributed by atoms with Crippen LogP contribution >= 0.6 is 0 Å². The molecule has 140 valence electrons. The lowest BCUT2D eigenvalue weighted by atomic mass is 9.54. The maximum Gasteiger partial charge on any atom is 0.192 e. The molecule has 0 aromatic rings. The van der Waals surface area contributed by atoms with Gasteiger partial charge in [0.25, 0.3) is 0 Å². The zero-order chi connectivity index (χ0) is 17.8. The molecular formula is C20H32O4Si. The first kappa shape index (κ1) is 16.9. The molecule has 0 radical (unpaired) electrons. The Morgan fingerprint density at radius 3 is 2.68 bits per heavy atom. The van der Waals surface area contributed by atoms with Gasteiger partial charge >= 0.3 is 0 Å². The second kappa shape index (κ2) is 4.78. The molecule has 5 aliphatic rings. The van der Waals surface area contributed by atoms with Crippen LogP contribution in [-0.2, 0) is 18.7 Å². The smallest absolute Gasteiger partial charge is 0.192 e. The summed E-state index contributed by atoms with van der Waals surface area (Å²) < 4.78 is 19.4. The summed E-state index contributed by atoms with van der Waals surface area (Å²) in [6, 6.07) is 0. The van der Waals surface area contributed by atoms with Crippen LogP contribution in [0.2, 0.25) is 18.1 Å². The van der Waals surface area contributed by atoms with Crippen LogP contribution in [0.1, 0.15) is 59.3 Å². The molecule has 3 saturated carbocycles. The highest BCUT2D eigenvalue weighted by atomic mass is 28.4. The minimum Gasteiger partial charge on any atom is -0.413 e. The standard InChI is InChI=1S/C20H32O4Si/c1-18(2,3)25(4,5)24-16-12-6-9-20-17(23-20)13(21)7-8-19(16,20)11-15-14(10-12)22-15/h12,14-17H,6-11H2,1-5H3/t12-,14+,15-,16+,17-,19+,20-/m0/s1. The minimum atomic E-state index is -1.88. The van der Waals surface area contributed by atoms with E-state index < -0.39 is 8.32 Å². The lowest BCUT2D eigenvalue weighted by Gasteiger charge is -2.55. The van der Waals surface area contributed by atoms with Gasteiger partial charge in [-0.1, -0.05) is 20.8 Å². The number of rotatable bonds is 2. The van der Waals surface area contributed by atoms with E-state index in [2.05, 4.69) is 33.9 Å². The Hall–Kier alpha value is -0.233. The molecule has 0 amide bonds. The SMILES string of the molecule is CC(C)(C)[Si](C)(C)O[C@@H]1[C@H]2CC[C@]34O[C@H]3C(=O)CC[C@@]14C[C@@H]1O[C@@H]1C2. The van der Waals surface area contributed by atoms with Gasteiger partial charge in [-0.05, 0) is 56.2 Å². The second-order valence-electron chi connectivity index (χ2n) is 10.8. The van der Waals surface area contributed by atoms with Gasteiger partial charge in [0.15, 0.2) is 14.1 Å². The molecular weight excluding hydrogens is 332 g/mol. The van der Waals surface area contributed by atoms with Crippen LogP contribution in [-0.4, -0.2) is 44.1 Å². The Morgan fingerprint density at radius 2 is 1.96 bits per heavy atom. The van der Waals surface area contributed by atoms with Crippen LogP contribution in [0.15, 0.2) is 0 Å². The topological polar surface area (TPSA) is 51.4 Å². The summed E-state index contributed by atoms with van der Waals surface area (Å²) in [7, 11) is -1.88. The molecule has 0 aromatic heterocycles. The Kier molecular flexibility index (Phi) is 3.23. The van der Waals surface area contributed by atoms with Crippen LogP contribution < -0.4 is 0 Å². The fourth-order valence-corrected chi connectivity index (χ4v) is 7.36. The van der Waals surface area contributed by atoms with E-state index in [1.165, 1.54) is 0 Å². The van der Waals surface area contributed by atoms with Gasteiger partial charge in [0, 0.05) is 11.8 Å². The average Bonchev–Trinajstić information content (AvgIpc) is 3.38. The molecule has 2 spiro atoms. The van der Waals surface area contributed by atoms with E-state index in [1.54, 1.807) is 0 Å². The predicted octanol–water partition coefficient (Wildman–Crippen LogP) is 3.83. The van der Waals surface area contributed by atoms with Crippen molar-refractivity contribution in [3.05, 3.63) is 0 Å². The van der Waals surface area contributed by atoms with Gasteiger partial charge in [-0.3, -0.25) is 4.79 Å². The highest BCUT2D eigenvalue weighted by Crippen LogP contribution is 2.70. The molecule has 4 nitrogen and oxygen atoms in total. The molecule has 2 bridgehead atoms. The lowest BCUT2D eigenvalue weighted by Crippen LogP contribution is -2.62. The number of hydrogen-bond acceptors (Lipinski definition) is 4. The third-order valence-electron chi connectivity index (χ3n) is 8.52. The normalized spacial score (nSPS) is 51.1. The molecule has 0 unspecified atom stereocenters. The first-order valence-corrected chi connectivity index (χ1v) is 13.0. The van der Waals surface area contributed by atoms with Crippen molar-refractivity contribution in [1.82, 2.24) is 0 Å². The van der Waals surface area contributed by atoms with E-state index in [4.69, 9.17) is 13.9 Å². The van der Waals surface area contributed by atoms with E-state index in [9.17, 15) is 4.79 Å². The first-order chi connectivity index (χ1) is 11.6. The van der Waals surface area contributed by atoms with Gasteiger partial charge < -0.3 is 13.9 Å². The summed E-state index contributed by atoms with van der Waals surface area (Å²) in [6.07, 6.45) is 6.85. The Balaban J connectivity index is 1.56. The zero-order valence-corrected chi connectivity index (χ0v) is 17.3. The molecule has 0 aromatic carbocycles. The summed E-state index contributed by atoms with van der Waals surface area (Å²) in [5, 5.41) is 0.200. The summed E-state index contributed by atoms with van der Waals surface area (Å²) in [4.78, 5) is 12.4. The number of ketones is 1. The van der Waals surface area contributed by atoms with Crippen molar-refractivity contribution in [3.8, 4) is 0 Å². The molecule has 5 fully saturated rings. The molecule has 0 N–H and O–H groups in total. The fraction of sp³-hybridized carbons (Fsp3) is 0.950. The van der Waals surface area contributed by atoms with E-state index in [0.29, 0.717) is 30.3 Å². The highest BCUT2D eigenvalue weighted by molar-refractivity contribution is 6.74. The summed E-state index contributed by atoms with van der Waals surface area (Å²) in [5.74, 6) is 0.892. The van der Waals surface area contributed by atoms with Gasteiger partial charge in [-0.15, -0.1) is 0 Å². The van der Waals surface area contributed by atoms with Crippen molar-refractivity contribution in [1.29, 1.82) is 0 Å². The Bertz CT molecular complexity index is 626. The quantitative estimate of drug-likeness (QED) is 0.552. The number of ether oxygens (including phenoxy) is 2. The average molecular weight is 365 g/mol. The molecule has 25 heavy (non-hydrogen) atoms. The van der Waals surface area contributed by atoms with Crippen molar-refractivity contribution < 1.29 is 18.7 Å². The number of Topliss-reactive ketones (excluding diaryl/α,β-unsaturated/α-hetero) is 1. The molecule has 3 aliphatic carbocycles. The van der Waals surface area contributed by atoms with Crippen LogP contribution in [0.4, 0.5) is 0 Å². The largest absolute Gasteiger partial charge is 0.413 e. The van der Waals surface area contributed by atoms with Crippen LogP contribution in [0.5, 0.6) is 0 Å². The van der Waals surface area contributed by atoms with Gasteiger partial charge in [-0.2, -0.15) is 0 Å². The van der Waals surface area contributed by atoms with Gasteiger partial charge in [0.05, 0.1) is 18.3 Å². The fourth-order valence-electron chi connectivity index (χ4n) is 5.95. The lowest BCUT2D eigenvalue weighted by molar-refractivity contribution is -0.132. The summed E-state index contributed by atoms with van der Waals surface area (Å²) >= 11 is 0. The summed E-state index contributed by atoms with van der Waals surface area (Å²) in [5.41, 5.74) is -0.230. The molecule has 2 saturated heterocycles. The molecule has 7 atom stereocenters. The zero-order valence-electron chi connectivity index (χ0n) is 16.3. The molecule has 5 rings (SSSR count). The third kappa shape index (κ3) is 2.13. The second-order valence-corrected chi connectivity index (χ2v) is 15.5. The van der Waals surface area contributed by atoms with Crippen LogP contribution in [0.25, 0.3) is 0 Å². The molecule has 2 aliphatic heterocycles. The highest BCUT2D eigenvalue weighted by Gasteiger charge is 2.79. The van der Waals surface area contributed by atoms with E-state index in [0.717, 1.165) is 32.1 Å². The molecule has 5 heteroatoms. The van der Waals surface area contributed by atoms with Crippen molar-refractivity contribution in [2.75, 3.05) is 0 Å². The van der Waals surface area contributed by atoms with E-state index in [1.807, 2.05) is 0 Å². The van der Waals surface area contributed by atoms with E-state index in [-0.39, 0.29) is 28.3 Å². The van der Waals surface area contributed by atoms with Crippen molar-refractivity contribution in [2.45, 2.75) is 107 Å². The number of hydrogen-bond donors (Lipinski definition) is 0. The van der Waals surface area contributed by atoms with Gasteiger partial charge in [0.2, 0.25) is 0 Å². The first-order valence-electron chi connectivity index (χ1n) is 10.1. The van der Waals surface area contributed by atoms with Crippen LogP contribution in [0.3, 0.4) is 0 Å². The maximum atomic E-state index is 12.4. The monoisotopic (exact) mass is 364 g/mol. The van der Waals surface area contributed by atoms with Gasteiger partial charge in [-0.25, -0.2) is 0 Å². The number of fused-ring (bicyclic) bond motifs is 2. The van der Waals surface area contributed by atoms with Gasteiger partial charge in [0.1, 0.15) is 11.7 Å². The number of carbonyl (C=O) groups is 1. The van der Waals surface area contributed by atoms with Crippen molar-refractivity contribution in [2.24, 2.45) is 11.3 Å². The Morgan fingerprint density at radius 1 is 1.20 bits per heavy atom. The Labute approximate surface area is 152 Å². The van der Waals surface area contributed by atoms with Crippen LogP contribution in [0, 0.1) is 11.3 Å². The number of epoxide rings is 2. The predicted molar refractivity (Wildman–Crippen MR) is 97.0 cm³/mol. The van der Waals surface area contributed by atoms with E-state index >= 15 is 0 Å². The minimum absolute atomic E-state index is 0.0000694. The summed E-state index contributed by atoms with van der Waals surface area (Å²) in [6.45, 7) is 11.7. The maximum absolute atomic E-state index is 12.4. The number of carbonyl (C=O) groups excluding carboxylic acids is 1. The third-order valence-corrected chi connectivity index (χ3v) is 13.0. The van der Waals surface area contributed by atoms with Crippen molar-refractivity contribution in [3.63, 3.8) is 0 Å².